The predicted octanol–water partition coefficient (Wildman–Crippen LogP) is 4.90. The molecule has 4 rings (SSSR count). The van der Waals surface area contributed by atoms with Crippen LogP contribution in [0.2, 0.25) is 0 Å². The zero-order chi connectivity index (χ0) is 24.3. The molecule has 0 amide bonds. The molecule has 1 N–H and O–H groups in total. The van der Waals surface area contributed by atoms with E-state index in [1.165, 1.54) is 16.7 Å². The van der Waals surface area contributed by atoms with E-state index in [2.05, 4.69) is 47.4 Å². The molecule has 0 bridgehead atoms. The molecule has 3 aromatic carbocycles. The summed E-state index contributed by atoms with van der Waals surface area (Å²) in [5.74, 6) is 1.68. The van der Waals surface area contributed by atoms with Crippen molar-refractivity contribution in [3.05, 3.63) is 95.6 Å². The molecule has 0 aromatic heterocycles. The molecule has 0 spiro atoms. The number of aryl methyl sites for hydroxylation is 1. The van der Waals surface area contributed by atoms with Crippen LogP contribution in [0.1, 0.15) is 29.5 Å². The van der Waals surface area contributed by atoms with Gasteiger partial charge in [0.25, 0.3) is 0 Å². The Kier molecular flexibility index (Phi) is 9.58. The maximum Gasteiger partial charge on any atom is 0.119 e. The van der Waals surface area contributed by atoms with E-state index < -0.39 is 6.10 Å². The van der Waals surface area contributed by atoms with Crippen LogP contribution in [0.3, 0.4) is 0 Å². The van der Waals surface area contributed by atoms with E-state index in [0.717, 1.165) is 43.7 Å². The second kappa shape index (κ2) is 13.3. The molecule has 0 fully saturated rings. The molecule has 2 atom stereocenters. The number of rotatable bonds is 12. The summed E-state index contributed by atoms with van der Waals surface area (Å²) in [5, 5.41) is 10.9. The van der Waals surface area contributed by atoms with Crippen LogP contribution >= 0.6 is 0 Å². The Morgan fingerprint density at radius 2 is 1.66 bits per heavy atom. The van der Waals surface area contributed by atoms with Gasteiger partial charge in [-0.1, -0.05) is 54.6 Å². The summed E-state index contributed by atoms with van der Waals surface area (Å²) in [6.45, 7) is 2.76. The lowest BCUT2D eigenvalue weighted by atomic mass is 10.00. The molecule has 1 aliphatic rings. The third-order valence-corrected chi connectivity index (χ3v) is 6.55. The minimum absolute atomic E-state index is 0.274. The monoisotopic (exact) mass is 475 g/mol. The van der Waals surface area contributed by atoms with Crippen LogP contribution in [0.5, 0.6) is 11.5 Å². The Labute approximate surface area is 209 Å². The van der Waals surface area contributed by atoms with Gasteiger partial charge in [-0.3, -0.25) is 4.90 Å². The molecule has 1 aliphatic carbocycles. The molecular weight excluding hydrogens is 438 g/mol. The Balaban J connectivity index is 1.47. The average Bonchev–Trinajstić information content (AvgIpc) is 3.11. The molecule has 0 saturated carbocycles. The van der Waals surface area contributed by atoms with E-state index in [9.17, 15) is 5.11 Å². The van der Waals surface area contributed by atoms with Gasteiger partial charge in [-0.2, -0.15) is 0 Å². The average molecular weight is 476 g/mol. The summed E-state index contributed by atoms with van der Waals surface area (Å²) >= 11 is 0. The van der Waals surface area contributed by atoms with Crippen LogP contribution in [0.25, 0.3) is 0 Å². The second-order valence-electron chi connectivity index (χ2n) is 9.21. The zero-order valence-electron chi connectivity index (χ0n) is 20.6. The van der Waals surface area contributed by atoms with Crippen molar-refractivity contribution in [1.82, 2.24) is 4.90 Å². The number of fused-ring (bicyclic) bond motifs is 1. The van der Waals surface area contributed by atoms with E-state index >= 15 is 0 Å². The van der Waals surface area contributed by atoms with Gasteiger partial charge in [0.15, 0.2) is 0 Å². The van der Waals surface area contributed by atoms with Crippen LogP contribution in [-0.2, 0) is 24.1 Å². The van der Waals surface area contributed by atoms with Crippen molar-refractivity contribution in [2.24, 2.45) is 0 Å². The van der Waals surface area contributed by atoms with Gasteiger partial charge in [-0.25, -0.2) is 0 Å². The summed E-state index contributed by atoms with van der Waals surface area (Å²) in [4.78, 5) is 2.43. The molecular formula is C30H37NO4. The summed E-state index contributed by atoms with van der Waals surface area (Å²) in [5.41, 5.74) is 4.00. The second-order valence-corrected chi connectivity index (χ2v) is 9.21. The fourth-order valence-electron chi connectivity index (χ4n) is 4.76. The van der Waals surface area contributed by atoms with Crippen molar-refractivity contribution in [1.29, 1.82) is 0 Å². The lowest BCUT2D eigenvalue weighted by Gasteiger charge is -2.33. The molecule has 186 valence electrons. The highest BCUT2D eigenvalue weighted by Gasteiger charge is 2.25. The standard InChI is InChI=1S/C30H37NO4/c1-33-17-18-34-30-16-15-25-11-8-12-27(19-26(25)20-30)31(21-24-9-4-2-5-10-24)22-28(32)23-35-29-13-6-3-7-14-29/h2-7,9-10,13-16,20,27-28,32H,8,11-12,17-19,21-23H2,1H3/t27?,28-/m0/s1. The van der Waals surface area contributed by atoms with E-state index in [-0.39, 0.29) is 6.61 Å². The number of methoxy groups -OCH3 is 1. The number of benzene rings is 3. The topological polar surface area (TPSA) is 51.2 Å². The first-order valence-corrected chi connectivity index (χ1v) is 12.6. The van der Waals surface area contributed by atoms with Gasteiger partial charge in [0.05, 0.1) is 6.61 Å². The summed E-state index contributed by atoms with van der Waals surface area (Å²) in [7, 11) is 1.69. The van der Waals surface area contributed by atoms with E-state index in [1.807, 2.05) is 36.4 Å². The highest BCUT2D eigenvalue weighted by Crippen LogP contribution is 2.28. The molecule has 5 nitrogen and oxygen atoms in total. The van der Waals surface area contributed by atoms with Gasteiger partial charge >= 0.3 is 0 Å². The molecule has 0 radical (unpaired) electrons. The van der Waals surface area contributed by atoms with Gasteiger partial charge < -0.3 is 19.3 Å². The molecule has 1 unspecified atom stereocenters. The summed E-state index contributed by atoms with van der Waals surface area (Å²) in [6, 6.07) is 27.0. The van der Waals surface area contributed by atoms with E-state index in [0.29, 0.717) is 25.8 Å². The minimum Gasteiger partial charge on any atom is -0.491 e. The fraction of sp³-hybridized carbons (Fsp3) is 0.400. The Bertz CT molecular complexity index is 1010. The fourth-order valence-corrected chi connectivity index (χ4v) is 4.76. The highest BCUT2D eigenvalue weighted by atomic mass is 16.5. The highest BCUT2D eigenvalue weighted by molar-refractivity contribution is 5.37. The van der Waals surface area contributed by atoms with E-state index in [1.54, 1.807) is 7.11 Å². The number of hydrogen-bond acceptors (Lipinski definition) is 5. The van der Waals surface area contributed by atoms with Crippen molar-refractivity contribution in [3.63, 3.8) is 0 Å². The first-order valence-electron chi connectivity index (χ1n) is 12.6. The lowest BCUT2D eigenvalue weighted by Crippen LogP contribution is -2.42. The molecule has 5 heteroatoms. The molecule has 3 aromatic rings. The first-order chi connectivity index (χ1) is 17.2. The Morgan fingerprint density at radius 1 is 0.886 bits per heavy atom. The molecule has 0 heterocycles. The van der Waals surface area contributed by atoms with Crippen LogP contribution < -0.4 is 9.47 Å². The number of nitrogens with zero attached hydrogens (tertiary/aromatic N) is 1. The quantitative estimate of drug-likeness (QED) is 0.298. The molecule has 0 aliphatic heterocycles. The number of hydrogen-bond donors (Lipinski definition) is 1. The lowest BCUT2D eigenvalue weighted by molar-refractivity contribution is 0.0463. The molecule has 35 heavy (non-hydrogen) atoms. The molecule has 0 saturated heterocycles. The largest absolute Gasteiger partial charge is 0.491 e. The van der Waals surface area contributed by atoms with Crippen LogP contribution in [-0.4, -0.2) is 55.6 Å². The number of para-hydroxylation sites is 1. The van der Waals surface area contributed by atoms with Crippen LogP contribution in [0, 0.1) is 0 Å². The normalized spacial score (nSPS) is 16.4. The number of ether oxygens (including phenoxy) is 3. The van der Waals surface area contributed by atoms with Gasteiger partial charge in [-0.05, 0) is 66.6 Å². The third kappa shape index (κ3) is 7.82. The number of aliphatic hydroxyl groups excluding tert-OH is 1. The summed E-state index contributed by atoms with van der Waals surface area (Å²) in [6.07, 6.45) is 3.65. The Hall–Kier alpha value is -2.86. The maximum atomic E-state index is 10.9. The van der Waals surface area contributed by atoms with Crippen molar-refractivity contribution in [2.45, 2.75) is 44.4 Å². The summed E-state index contributed by atoms with van der Waals surface area (Å²) < 4.78 is 16.9. The van der Waals surface area contributed by atoms with Gasteiger partial charge in [0.1, 0.15) is 30.8 Å². The van der Waals surface area contributed by atoms with Gasteiger partial charge in [0, 0.05) is 26.2 Å². The first kappa shape index (κ1) is 25.2. The third-order valence-electron chi connectivity index (χ3n) is 6.55. The Morgan fingerprint density at radius 3 is 2.43 bits per heavy atom. The predicted molar refractivity (Wildman–Crippen MR) is 139 cm³/mol. The van der Waals surface area contributed by atoms with Crippen molar-refractivity contribution >= 4 is 0 Å². The van der Waals surface area contributed by atoms with Crippen LogP contribution in [0.15, 0.2) is 78.9 Å². The zero-order valence-corrected chi connectivity index (χ0v) is 20.6. The van der Waals surface area contributed by atoms with Gasteiger partial charge in [-0.15, -0.1) is 0 Å². The SMILES string of the molecule is COCCOc1ccc2c(c1)CC(N(Cc1ccccc1)C[C@H](O)COc1ccccc1)CCC2. The maximum absolute atomic E-state index is 10.9. The van der Waals surface area contributed by atoms with Crippen molar-refractivity contribution in [3.8, 4) is 11.5 Å². The van der Waals surface area contributed by atoms with Crippen molar-refractivity contribution in [2.75, 3.05) is 33.5 Å². The van der Waals surface area contributed by atoms with Crippen molar-refractivity contribution < 1.29 is 19.3 Å². The van der Waals surface area contributed by atoms with Gasteiger partial charge in [0.2, 0.25) is 0 Å². The van der Waals surface area contributed by atoms with Crippen LogP contribution in [0.4, 0.5) is 0 Å². The van der Waals surface area contributed by atoms with E-state index in [4.69, 9.17) is 14.2 Å². The number of aliphatic hydroxyl groups is 1. The smallest absolute Gasteiger partial charge is 0.119 e. The minimum atomic E-state index is -0.578.